The van der Waals surface area contributed by atoms with Crippen LogP contribution in [0, 0.1) is 17.2 Å². The highest BCUT2D eigenvalue weighted by molar-refractivity contribution is 7.80. The van der Waals surface area contributed by atoms with E-state index in [1.807, 2.05) is 37.3 Å². The van der Waals surface area contributed by atoms with Crippen LogP contribution >= 0.6 is 12.2 Å². The molecule has 22 heavy (non-hydrogen) atoms. The molecule has 2 rings (SSSR count). The lowest BCUT2D eigenvalue weighted by molar-refractivity contribution is -0.139. The first-order valence-electron chi connectivity index (χ1n) is 7.11. The Morgan fingerprint density at radius 2 is 2.09 bits per heavy atom. The summed E-state index contributed by atoms with van der Waals surface area (Å²) in [4.78, 5) is 12.9. The number of nitrogens with zero attached hydrogens (tertiary/aromatic N) is 1. The van der Waals surface area contributed by atoms with Gasteiger partial charge in [0, 0.05) is 11.1 Å². The standard InChI is InChI=1S/C17H18N2O2S/c1-4-21-16(20)14-11(2)19-15(22)13(10-18)17(14,3)12-8-6-5-7-9-12/h5-9,13H,4H2,1-3H3,(H,19,22). The highest BCUT2D eigenvalue weighted by Crippen LogP contribution is 2.43. The molecule has 0 saturated heterocycles. The molecule has 1 aromatic rings. The number of carbonyl (C=O) groups excluding carboxylic acids is 1. The molecule has 0 bridgehead atoms. The maximum Gasteiger partial charge on any atom is 0.336 e. The molecule has 0 radical (unpaired) electrons. The van der Waals surface area contributed by atoms with E-state index in [0.29, 0.717) is 16.3 Å². The van der Waals surface area contributed by atoms with Gasteiger partial charge in [-0.3, -0.25) is 0 Å². The van der Waals surface area contributed by atoms with E-state index in [4.69, 9.17) is 17.0 Å². The molecule has 1 aliphatic heterocycles. The Morgan fingerprint density at radius 1 is 1.45 bits per heavy atom. The molecule has 5 heteroatoms. The van der Waals surface area contributed by atoms with Crippen molar-refractivity contribution in [3.8, 4) is 6.07 Å². The van der Waals surface area contributed by atoms with Crippen molar-refractivity contribution in [1.82, 2.24) is 5.32 Å². The molecule has 0 aromatic heterocycles. The fourth-order valence-corrected chi connectivity index (χ4v) is 3.41. The van der Waals surface area contributed by atoms with Crippen molar-refractivity contribution in [1.29, 1.82) is 5.26 Å². The minimum Gasteiger partial charge on any atom is -0.463 e. The largest absolute Gasteiger partial charge is 0.463 e. The molecule has 1 heterocycles. The molecular weight excluding hydrogens is 296 g/mol. The normalized spacial score (nSPS) is 24.5. The van der Waals surface area contributed by atoms with Crippen molar-refractivity contribution >= 4 is 23.2 Å². The van der Waals surface area contributed by atoms with Gasteiger partial charge < -0.3 is 10.1 Å². The van der Waals surface area contributed by atoms with Crippen LogP contribution in [0.4, 0.5) is 0 Å². The van der Waals surface area contributed by atoms with Gasteiger partial charge in [-0.1, -0.05) is 42.5 Å². The smallest absolute Gasteiger partial charge is 0.336 e. The summed E-state index contributed by atoms with van der Waals surface area (Å²) in [5, 5.41) is 12.6. The lowest BCUT2D eigenvalue weighted by Gasteiger charge is -2.41. The third-order valence-corrected chi connectivity index (χ3v) is 4.36. The summed E-state index contributed by atoms with van der Waals surface area (Å²) < 4.78 is 5.21. The number of allylic oxidation sites excluding steroid dienone is 1. The van der Waals surface area contributed by atoms with Gasteiger partial charge in [-0.25, -0.2) is 4.79 Å². The number of hydrogen-bond acceptors (Lipinski definition) is 4. The fraction of sp³-hybridized carbons (Fsp3) is 0.353. The molecule has 1 aliphatic rings. The minimum absolute atomic E-state index is 0.280. The van der Waals surface area contributed by atoms with E-state index >= 15 is 0 Å². The van der Waals surface area contributed by atoms with Gasteiger partial charge in [0.25, 0.3) is 0 Å². The molecule has 0 aliphatic carbocycles. The maximum absolute atomic E-state index is 12.5. The number of hydrogen-bond donors (Lipinski definition) is 1. The van der Waals surface area contributed by atoms with Gasteiger partial charge in [-0.15, -0.1) is 0 Å². The SMILES string of the molecule is CCOC(=O)C1=C(C)NC(=S)C(C#N)C1(C)c1ccccc1. The summed E-state index contributed by atoms with van der Waals surface area (Å²) in [5.74, 6) is -1.05. The van der Waals surface area contributed by atoms with Crippen LogP contribution in [0.2, 0.25) is 0 Å². The first kappa shape index (κ1) is 16.2. The van der Waals surface area contributed by atoms with Crippen molar-refractivity contribution in [3.63, 3.8) is 0 Å². The number of thiocarbonyl (C=S) groups is 1. The first-order chi connectivity index (χ1) is 10.5. The minimum atomic E-state index is -0.839. The summed E-state index contributed by atoms with van der Waals surface area (Å²) in [5.41, 5.74) is 1.13. The highest BCUT2D eigenvalue weighted by Gasteiger charge is 2.49. The first-order valence-corrected chi connectivity index (χ1v) is 7.52. The average molecular weight is 314 g/mol. The van der Waals surface area contributed by atoms with Crippen LogP contribution in [-0.2, 0) is 14.9 Å². The van der Waals surface area contributed by atoms with Crippen molar-refractivity contribution in [2.45, 2.75) is 26.2 Å². The zero-order chi connectivity index (χ0) is 16.3. The predicted molar refractivity (Wildman–Crippen MR) is 88.0 cm³/mol. The summed E-state index contributed by atoms with van der Waals surface area (Å²) in [7, 11) is 0. The van der Waals surface area contributed by atoms with E-state index in [0.717, 1.165) is 5.56 Å². The highest BCUT2D eigenvalue weighted by atomic mass is 32.1. The van der Waals surface area contributed by atoms with Crippen LogP contribution < -0.4 is 5.32 Å². The van der Waals surface area contributed by atoms with Crippen molar-refractivity contribution in [2.24, 2.45) is 5.92 Å². The molecule has 114 valence electrons. The molecule has 4 nitrogen and oxygen atoms in total. The van der Waals surface area contributed by atoms with E-state index in [-0.39, 0.29) is 6.61 Å². The van der Waals surface area contributed by atoms with E-state index in [9.17, 15) is 10.1 Å². The second-order valence-corrected chi connectivity index (χ2v) is 5.78. The summed E-state index contributed by atoms with van der Waals surface area (Å²) in [6, 6.07) is 11.7. The van der Waals surface area contributed by atoms with Crippen LogP contribution in [0.25, 0.3) is 0 Å². The van der Waals surface area contributed by atoms with Crippen molar-refractivity contribution < 1.29 is 9.53 Å². The van der Waals surface area contributed by atoms with Gasteiger partial charge >= 0.3 is 5.97 Å². The Kier molecular flexibility index (Phi) is 4.62. The number of nitrogens with one attached hydrogen (secondary N) is 1. The molecule has 1 aromatic carbocycles. The van der Waals surface area contributed by atoms with Crippen LogP contribution in [0.3, 0.4) is 0 Å². The molecule has 0 amide bonds. The molecule has 0 saturated carbocycles. The van der Waals surface area contributed by atoms with Crippen LogP contribution in [0.15, 0.2) is 41.6 Å². The number of benzene rings is 1. The molecular formula is C17H18N2O2S. The molecule has 0 fully saturated rings. The summed E-state index contributed by atoms with van der Waals surface area (Å²) >= 11 is 5.34. The summed E-state index contributed by atoms with van der Waals surface area (Å²) in [6.07, 6.45) is 0. The van der Waals surface area contributed by atoms with Gasteiger partial charge in [0.1, 0.15) is 5.92 Å². The zero-order valence-electron chi connectivity index (χ0n) is 12.8. The number of carbonyl (C=O) groups is 1. The molecule has 1 N–H and O–H groups in total. The Balaban J connectivity index is 2.71. The van der Waals surface area contributed by atoms with E-state index < -0.39 is 17.3 Å². The molecule has 0 spiro atoms. The second kappa shape index (κ2) is 6.29. The zero-order valence-corrected chi connectivity index (χ0v) is 13.7. The number of rotatable bonds is 3. The van der Waals surface area contributed by atoms with Gasteiger partial charge in [-0.05, 0) is 26.3 Å². The van der Waals surface area contributed by atoms with Crippen LogP contribution in [0.1, 0.15) is 26.3 Å². The predicted octanol–water partition coefficient (Wildman–Crippen LogP) is 2.85. The van der Waals surface area contributed by atoms with Gasteiger partial charge in [0.15, 0.2) is 0 Å². The topological polar surface area (TPSA) is 62.1 Å². The monoisotopic (exact) mass is 314 g/mol. The number of esters is 1. The second-order valence-electron chi connectivity index (χ2n) is 5.34. The lowest BCUT2D eigenvalue weighted by Crippen LogP contribution is -2.50. The maximum atomic E-state index is 12.5. The lowest BCUT2D eigenvalue weighted by atomic mass is 9.65. The Hall–Kier alpha value is -2.19. The van der Waals surface area contributed by atoms with E-state index in [1.165, 1.54) is 0 Å². The third-order valence-electron chi connectivity index (χ3n) is 4.03. The number of nitriles is 1. The Morgan fingerprint density at radius 3 is 2.64 bits per heavy atom. The fourth-order valence-electron chi connectivity index (χ4n) is 2.97. The van der Waals surface area contributed by atoms with Crippen molar-refractivity contribution in [3.05, 3.63) is 47.2 Å². The van der Waals surface area contributed by atoms with Crippen LogP contribution in [-0.4, -0.2) is 17.6 Å². The van der Waals surface area contributed by atoms with Gasteiger partial charge in [0.2, 0.25) is 0 Å². The molecule has 2 unspecified atom stereocenters. The van der Waals surface area contributed by atoms with Crippen LogP contribution in [0.5, 0.6) is 0 Å². The van der Waals surface area contributed by atoms with E-state index in [2.05, 4.69) is 11.4 Å². The van der Waals surface area contributed by atoms with Gasteiger partial charge in [-0.2, -0.15) is 5.26 Å². The van der Waals surface area contributed by atoms with Gasteiger partial charge in [0.05, 0.1) is 23.2 Å². The Bertz CT molecular complexity index is 676. The molecule has 2 atom stereocenters. The summed E-state index contributed by atoms with van der Waals surface area (Å²) in [6.45, 7) is 5.70. The third kappa shape index (κ3) is 2.51. The van der Waals surface area contributed by atoms with E-state index in [1.54, 1.807) is 13.8 Å². The Labute approximate surface area is 135 Å². The quantitative estimate of drug-likeness (QED) is 0.686. The van der Waals surface area contributed by atoms with Crippen molar-refractivity contribution in [2.75, 3.05) is 6.61 Å². The average Bonchev–Trinajstić information content (AvgIpc) is 2.48. The number of ether oxygens (including phenoxy) is 1.